The summed E-state index contributed by atoms with van der Waals surface area (Å²) in [6.45, 7) is -6.16. The number of carbonyl (C=O) groups excluding carboxylic acids is 1. The third kappa shape index (κ3) is 10.5. The molecule has 0 radical (unpaired) electrons. The monoisotopic (exact) mass is 927 g/mol. The Balaban J connectivity index is 5.07. The van der Waals surface area contributed by atoms with Crippen LogP contribution in [0, 0.1) is 0 Å². The van der Waals surface area contributed by atoms with Crippen LogP contribution in [0.3, 0.4) is 0 Å². The van der Waals surface area contributed by atoms with Gasteiger partial charge >= 0.3 is 71.6 Å². The Kier molecular flexibility index (Phi) is 15.9. The van der Waals surface area contributed by atoms with E-state index in [1.165, 1.54) is 5.32 Å². The molecule has 0 aromatic heterocycles. The second-order valence-corrected chi connectivity index (χ2v) is 12.6. The second-order valence-electron chi connectivity index (χ2n) is 12.2. The lowest BCUT2D eigenvalue weighted by Crippen LogP contribution is -2.70. The maximum absolute atomic E-state index is 13.9. The lowest BCUT2D eigenvalue weighted by Gasteiger charge is -2.39. The SMILES string of the molecule is C[N+](C)(CCNC(=S)NCOCCC(F)(F)C(F)(F)C(F)(F)C(F)(F)C(F)(F)C(F)(F)F)CC(=O)NCCC(F)(F)C(F)(F)C(F)(F)C(F)(F)C(F)(F)C(F)(F)F. The molecule has 33 heteroatoms. The predicted octanol–water partition coefficient (Wildman–Crippen LogP) is 7.88. The molecule has 6 nitrogen and oxygen atoms in total. The van der Waals surface area contributed by atoms with Gasteiger partial charge in [-0.05, 0) is 12.2 Å². The molecule has 0 aromatic rings. The Morgan fingerprint density at radius 1 is 0.491 bits per heavy atom. The Labute approximate surface area is 306 Å². The number of rotatable bonds is 21. The van der Waals surface area contributed by atoms with Gasteiger partial charge in [-0.15, -0.1) is 0 Å². The van der Waals surface area contributed by atoms with E-state index in [9.17, 15) is 119 Å². The summed E-state index contributed by atoms with van der Waals surface area (Å²) in [6.07, 6.45) is -20.6. The van der Waals surface area contributed by atoms with E-state index in [2.05, 4.69) is 22.3 Å². The van der Waals surface area contributed by atoms with Crippen LogP contribution in [0.1, 0.15) is 12.8 Å². The van der Waals surface area contributed by atoms with E-state index in [-0.39, 0.29) is 13.1 Å². The van der Waals surface area contributed by atoms with Crippen molar-refractivity contribution in [2.75, 3.05) is 53.6 Å². The first kappa shape index (κ1) is 54.3. The molecule has 0 aromatic carbocycles. The van der Waals surface area contributed by atoms with Gasteiger partial charge in [0.2, 0.25) is 0 Å². The summed E-state index contributed by atoms with van der Waals surface area (Å²) < 4.78 is 345. The fourth-order valence-electron chi connectivity index (χ4n) is 3.72. The summed E-state index contributed by atoms with van der Waals surface area (Å²) in [6, 6.07) is 0. The van der Waals surface area contributed by atoms with Crippen molar-refractivity contribution in [3.05, 3.63) is 0 Å². The molecule has 0 fully saturated rings. The molecule has 57 heavy (non-hydrogen) atoms. The lowest BCUT2D eigenvalue weighted by molar-refractivity contribution is -0.881. The second kappa shape index (κ2) is 16.7. The summed E-state index contributed by atoms with van der Waals surface area (Å²) in [7, 11) is 2.32. The topological polar surface area (TPSA) is 62.4 Å². The molecule has 1 amide bonds. The Bertz CT molecular complexity index is 1380. The molecule has 0 aliphatic rings. The molecule has 0 saturated carbocycles. The highest BCUT2D eigenvalue weighted by Gasteiger charge is 2.92. The molecule has 0 aliphatic carbocycles. The van der Waals surface area contributed by atoms with Crippen molar-refractivity contribution in [2.45, 2.75) is 84.4 Å². The minimum atomic E-state index is -8.11. The number of nitrogens with zero attached hydrogens (tertiary/aromatic N) is 1. The first-order valence-electron chi connectivity index (χ1n) is 14.3. The van der Waals surface area contributed by atoms with Crippen LogP contribution >= 0.6 is 12.2 Å². The zero-order chi connectivity index (χ0) is 46.1. The number of nitrogens with one attached hydrogen (secondary N) is 3. The molecule has 0 unspecified atom stereocenters. The lowest BCUT2D eigenvalue weighted by atomic mass is 9.92. The van der Waals surface area contributed by atoms with Crippen LogP contribution in [0.4, 0.5) is 114 Å². The number of carbonyl (C=O) groups is 1. The zero-order valence-electron chi connectivity index (χ0n) is 27.7. The average Bonchev–Trinajstić information content (AvgIpc) is 2.98. The number of halogens is 26. The molecule has 0 spiro atoms. The molecule has 0 atom stereocenters. The highest BCUT2D eigenvalue weighted by Crippen LogP contribution is 2.62. The van der Waals surface area contributed by atoms with E-state index in [0.29, 0.717) is 0 Å². The average molecular weight is 928 g/mol. The van der Waals surface area contributed by atoms with Gasteiger partial charge in [0.1, 0.15) is 6.73 Å². The first-order chi connectivity index (χ1) is 24.7. The fraction of sp³-hybridized carbons (Fsp3) is 0.917. The first-order valence-corrected chi connectivity index (χ1v) is 14.7. The number of ether oxygens (including phenoxy) is 1. The third-order valence-corrected chi connectivity index (χ3v) is 7.52. The Morgan fingerprint density at radius 3 is 1.21 bits per heavy atom. The number of alkyl halides is 26. The van der Waals surface area contributed by atoms with E-state index in [1.807, 2.05) is 5.32 Å². The van der Waals surface area contributed by atoms with Gasteiger partial charge < -0.3 is 25.2 Å². The maximum Gasteiger partial charge on any atom is 0.460 e. The van der Waals surface area contributed by atoms with Crippen LogP contribution in [0.5, 0.6) is 0 Å². The number of thiocarbonyl (C=S) groups is 1. The Hall–Kier alpha value is -2.74. The van der Waals surface area contributed by atoms with Gasteiger partial charge in [-0.25, -0.2) is 0 Å². The van der Waals surface area contributed by atoms with E-state index in [1.54, 1.807) is 0 Å². The van der Waals surface area contributed by atoms with Crippen LogP contribution in [0.2, 0.25) is 0 Å². The smallest absolute Gasteiger partial charge is 0.361 e. The standard InChI is InChI=1S/C24H24F26N4O2S/c1-54(2,9-11(55)51-5-3-13(25,26)15(29,30)17(33,34)19(37,38)21(41,42)23(45,46)47)7-6-52-12(57)53-10-56-8-4-14(27,28)16(31,32)18(35,36)20(39,40)22(43,44)24(48,49)50/h3-10H2,1-2H3,(H2-,51,52,53,55,57)/p+1. The van der Waals surface area contributed by atoms with Crippen LogP contribution in [0.15, 0.2) is 0 Å². The molecule has 0 rings (SSSR count). The number of likely N-dealkylation sites (N-methyl/N-ethyl adjacent to an activating group) is 1. The normalized spacial score (nSPS) is 15.4. The maximum atomic E-state index is 13.9. The van der Waals surface area contributed by atoms with Crippen molar-refractivity contribution in [3.8, 4) is 0 Å². The van der Waals surface area contributed by atoms with Gasteiger partial charge in [0.05, 0.1) is 33.8 Å². The minimum Gasteiger partial charge on any atom is -0.361 e. The van der Waals surface area contributed by atoms with Gasteiger partial charge in [-0.3, -0.25) is 4.79 Å². The number of amides is 1. The summed E-state index contributed by atoms with van der Waals surface area (Å²) >= 11 is 4.64. The van der Waals surface area contributed by atoms with E-state index < -0.39 is 126 Å². The highest BCUT2D eigenvalue weighted by molar-refractivity contribution is 7.80. The fourth-order valence-corrected chi connectivity index (χ4v) is 3.89. The van der Waals surface area contributed by atoms with E-state index in [0.717, 1.165) is 14.1 Å². The van der Waals surface area contributed by atoms with Gasteiger partial charge in [-0.1, -0.05) is 0 Å². The van der Waals surface area contributed by atoms with Crippen molar-refractivity contribution < 1.29 is 128 Å². The largest absolute Gasteiger partial charge is 0.460 e. The van der Waals surface area contributed by atoms with Gasteiger partial charge in [0, 0.05) is 19.4 Å². The number of hydrogen-bond donors (Lipinski definition) is 3. The van der Waals surface area contributed by atoms with E-state index in [4.69, 9.17) is 0 Å². The number of quaternary nitrogens is 1. The summed E-state index contributed by atoms with van der Waals surface area (Å²) in [5.74, 6) is -77.4. The van der Waals surface area contributed by atoms with Crippen LogP contribution < -0.4 is 16.0 Å². The quantitative estimate of drug-likeness (QED) is 0.0360. The zero-order valence-corrected chi connectivity index (χ0v) is 28.5. The summed E-state index contributed by atoms with van der Waals surface area (Å²) in [5, 5.41) is 5.14. The summed E-state index contributed by atoms with van der Waals surface area (Å²) in [5.41, 5.74) is 0. The molecule has 0 saturated heterocycles. The summed E-state index contributed by atoms with van der Waals surface area (Å²) in [4.78, 5) is 12.0. The predicted molar refractivity (Wildman–Crippen MR) is 140 cm³/mol. The van der Waals surface area contributed by atoms with Crippen molar-refractivity contribution in [3.63, 3.8) is 0 Å². The number of hydrogen-bond acceptors (Lipinski definition) is 3. The third-order valence-electron chi connectivity index (χ3n) is 7.23. The molecule has 340 valence electrons. The van der Waals surface area contributed by atoms with Crippen molar-refractivity contribution in [2.24, 2.45) is 0 Å². The van der Waals surface area contributed by atoms with Gasteiger partial charge in [0.15, 0.2) is 11.7 Å². The van der Waals surface area contributed by atoms with Gasteiger partial charge in [0.25, 0.3) is 5.91 Å². The van der Waals surface area contributed by atoms with E-state index >= 15 is 0 Å². The Morgan fingerprint density at radius 2 is 0.842 bits per heavy atom. The molecule has 0 heterocycles. The van der Waals surface area contributed by atoms with Gasteiger partial charge in [-0.2, -0.15) is 114 Å². The van der Waals surface area contributed by atoms with Crippen molar-refractivity contribution >= 4 is 23.2 Å². The van der Waals surface area contributed by atoms with Crippen LogP contribution in [-0.2, 0) is 9.53 Å². The molecule has 0 bridgehead atoms. The highest BCUT2D eigenvalue weighted by atomic mass is 32.1. The molecular formula is C24H25F26N4O2S+. The molecule has 0 aliphatic heterocycles. The molecular weight excluding hydrogens is 902 g/mol. The van der Waals surface area contributed by atoms with Crippen molar-refractivity contribution in [1.29, 1.82) is 0 Å². The van der Waals surface area contributed by atoms with Crippen LogP contribution in [0.25, 0.3) is 0 Å². The minimum absolute atomic E-state index is 0.285. The van der Waals surface area contributed by atoms with Crippen LogP contribution in [-0.4, -0.2) is 141 Å². The molecule has 3 N–H and O–H groups in total. The van der Waals surface area contributed by atoms with Crippen molar-refractivity contribution in [1.82, 2.24) is 16.0 Å².